The molecular weight excluding hydrogens is 206 g/mol. The van der Waals surface area contributed by atoms with E-state index in [1.807, 2.05) is 6.07 Å². The van der Waals surface area contributed by atoms with E-state index in [9.17, 15) is 4.79 Å². The van der Waals surface area contributed by atoms with Crippen LogP contribution in [0.3, 0.4) is 0 Å². The van der Waals surface area contributed by atoms with E-state index in [4.69, 9.17) is 9.84 Å². The van der Waals surface area contributed by atoms with Crippen LogP contribution in [0.15, 0.2) is 24.3 Å². The van der Waals surface area contributed by atoms with Crippen molar-refractivity contribution in [2.24, 2.45) is 0 Å². The van der Waals surface area contributed by atoms with Crippen molar-refractivity contribution in [3.63, 3.8) is 0 Å². The highest BCUT2D eigenvalue weighted by Gasteiger charge is 2.29. The van der Waals surface area contributed by atoms with Crippen molar-refractivity contribution in [3.8, 4) is 5.75 Å². The van der Waals surface area contributed by atoms with Crippen LogP contribution >= 0.6 is 0 Å². The van der Waals surface area contributed by atoms with E-state index in [0.29, 0.717) is 24.2 Å². The zero-order valence-corrected chi connectivity index (χ0v) is 9.14. The van der Waals surface area contributed by atoms with Crippen molar-refractivity contribution < 1.29 is 14.6 Å². The maximum atomic E-state index is 11.9. The van der Waals surface area contributed by atoms with Crippen LogP contribution in [0.25, 0.3) is 0 Å². The molecule has 1 aliphatic rings. The number of methoxy groups -OCH3 is 1. The fourth-order valence-electron chi connectivity index (χ4n) is 1.80. The average Bonchev–Trinajstić information content (AvgIpc) is 2.27. The zero-order chi connectivity index (χ0) is 11.5. The van der Waals surface area contributed by atoms with Crippen molar-refractivity contribution >= 4 is 5.91 Å². The number of carbonyl (C=O) groups excluding carboxylic acids is 1. The highest BCUT2D eigenvalue weighted by Crippen LogP contribution is 2.22. The molecule has 0 unspecified atom stereocenters. The molecule has 2 N–H and O–H groups in total. The van der Waals surface area contributed by atoms with Crippen LogP contribution in [-0.2, 0) is 0 Å². The lowest BCUT2D eigenvalue weighted by atomic mass is 9.89. The molecule has 2 rings (SSSR count). The Labute approximate surface area is 94.2 Å². The molecule has 4 heteroatoms. The van der Waals surface area contributed by atoms with Gasteiger partial charge in [-0.3, -0.25) is 4.79 Å². The molecule has 4 nitrogen and oxygen atoms in total. The molecule has 0 aliphatic heterocycles. The van der Waals surface area contributed by atoms with Crippen molar-refractivity contribution in [1.82, 2.24) is 5.32 Å². The molecular formula is C12H15NO3. The van der Waals surface area contributed by atoms with Gasteiger partial charge in [0.05, 0.1) is 18.8 Å². The van der Waals surface area contributed by atoms with E-state index >= 15 is 0 Å². The quantitative estimate of drug-likeness (QED) is 0.799. The van der Waals surface area contributed by atoms with Crippen LogP contribution in [0.4, 0.5) is 0 Å². The maximum absolute atomic E-state index is 11.9. The third-order valence-corrected chi connectivity index (χ3v) is 2.80. The first-order valence-electron chi connectivity index (χ1n) is 5.32. The predicted molar refractivity (Wildman–Crippen MR) is 59.5 cm³/mol. The number of aliphatic hydroxyl groups is 1. The number of carbonyl (C=O) groups is 1. The molecule has 0 radical (unpaired) electrons. The van der Waals surface area contributed by atoms with Gasteiger partial charge in [-0.2, -0.15) is 0 Å². The van der Waals surface area contributed by atoms with Crippen molar-refractivity contribution in [2.45, 2.75) is 25.0 Å². The number of rotatable bonds is 3. The molecule has 1 fully saturated rings. The second-order valence-corrected chi connectivity index (χ2v) is 4.00. The van der Waals surface area contributed by atoms with Gasteiger partial charge in [0.1, 0.15) is 5.75 Å². The number of para-hydroxylation sites is 1. The fourth-order valence-corrected chi connectivity index (χ4v) is 1.80. The summed E-state index contributed by atoms with van der Waals surface area (Å²) in [4.78, 5) is 11.9. The lowest BCUT2D eigenvalue weighted by molar-refractivity contribution is 0.0561. The van der Waals surface area contributed by atoms with Crippen molar-refractivity contribution in [2.75, 3.05) is 7.11 Å². The number of ether oxygens (including phenoxy) is 1. The molecule has 0 atom stereocenters. The van der Waals surface area contributed by atoms with E-state index in [0.717, 1.165) is 0 Å². The Morgan fingerprint density at radius 2 is 2.12 bits per heavy atom. The van der Waals surface area contributed by atoms with Crippen molar-refractivity contribution in [1.29, 1.82) is 0 Å². The van der Waals surface area contributed by atoms with Crippen molar-refractivity contribution in [3.05, 3.63) is 29.8 Å². The molecule has 0 saturated heterocycles. The molecule has 0 aromatic heterocycles. The summed E-state index contributed by atoms with van der Waals surface area (Å²) in [6.45, 7) is 0. The Balaban J connectivity index is 2.03. The molecule has 1 aromatic carbocycles. The van der Waals surface area contributed by atoms with Crippen LogP contribution in [0.1, 0.15) is 23.2 Å². The topological polar surface area (TPSA) is 58.6 Å². The summed E-state index contributed by atoms with van der Waals surface area (Å²) in [6.07, 6.45) is 1.02. The van der Waals surface area contributed by atoms with Gasteiger partial charge in [-0.25, -0.2) is 0 Å². The number of amides is 1. The SMILES string of the molecule is COc1ccccc1C(=O)NC1CC(O)C1. The number of benzene rings is 1. The molecule has 1 aliphatic carbocycles. The normalized spacial score (nSPS) is 23.4. The van der Waals surface area contributed by atoms with Gasteiger partial charge < -0.3 is 15.2 Å². The molecule has 1 saturated carbocycles. The van der Waals surface area contributed by atoms with Gasteiger partial charge in [-0.1, -0.05) is 12.1 Å². The Bertz CT molecular complexity index is 386. The minimum absolute atomic E-state index is 0.0902. The number of nitrogens with one attached hydrogen (secondary N) is 1. The summed E-state index contributed by atoms with van der Waals surface area (Å²) in [5.41, 5.74) is 0.534. The summed E-state index contributed by atoms with van der Waals surface area (Å²) in [5.74, 6) is 0.425. The summed E-state index contributed by atoms with van der Waals surface area (Å²) >= 11 is 0. The van der Waals surface area contributed by atoms with Gasteiger partial charge in [0.25, 0.3) is 5.91 Å². The average molecular weight is 221 g/mol. The van der Waals surface area contributed by atoms with Gasteiger partial charge in [0.15, 0.2) is 0 Å². The third kappa shape index (κ3) is 2.17. The zero-order valence-electron chi connectivity index (χ0n) is 9.14. The third-order valence-electron chi connectivity index (χ3n) is 2.80. The Morgan fingerprint density at radius 3 is 2.75 bits per heavy atom. The standard InChI is InChI=1S/C12H15NO3/c1-16-11-5-3-2-4-10(11)12(15)13-8-6-9(14)7-8/h2-5,8-9,14H,6-7H2,1H3,(H,13,15). The number of aliphatic hydroxyl groups excluding tert-OH is 1. The monoisotopic (exact) mass is 221 g/mol. The molecule has 0 spiro atoms. The Morgan fingerprint density at radius 1 is 1.44 bits per heavy atom. The van der Waals surface area contributed by atoms with Gasteiger partial charge >= 0.3 is 0 Å². The molecule has 16 heavy (non-hydrogen) atoms. The van der Waals surface area contributed by atoms with Gasteiger partial charge in [0, 0.05) is 6.04 Å². The Hall–Kier alpha value is -1.55. The van der Waals surface area contributed by atoms with E-state index in [1.165, 1.54) is 0 Å². The van der Waals surface area contributed by atoms with E-state index in [2.05, 4.69) is 5.32 Å². The summed E-state index contributed by atoms with van der Waals surface area (Å²) in [6, 6.07) is 7.19. The van der Waals surface area contributed by atoms with E-state index in [-0.39, 0.29) is 18.1 Å². The molecule has 0 bridgehead atoms. The second-order valence-electron chi connectivity index (χ2n) is 4.00. The van der Waals surface area contributed by atoms with Gasteiger partial charge in [-0.05, 0) is 25.0 Å². The first kappa shape index (κ1) is 11.0. The van der Waals surface area contributed by atoms with Crippen LogP contribution in [-0.4, -0.2) is 30.3 Å². The second kappa shape index (κ2) is 4.53. The smallest absolute Gasteiger partial charge is 0.255 e. The highest BCUT2D eigenvalue weighted by molar-refractivity contribution is 5.97. The number of hydrogen-bond donors (Lipinski definition) is 2. The lowest BCUT2D eigenvalue weighted by Gasteiger charge is -2.32. The largest absolute Gasteiger partial charge is 0.496 e. The molecule has 86 valence electrons. The van der Waals surface area contributed by atoms with Gasteiger partial charge in [0.2, 0.25) is 0 Å². The molecule has 1 aromatic rings. The van der Waals surface area contributed by atoms with Crippen LogP contribution in [0, 0.1) is 0 Å². The summed E-state index contributed by atoms with van der Waals surface area (Å²) < 4.78 is 5.11. The number of hydrogen-bond acceptors (Lipinski definition) is 3. The highest BCUT2D eigenvalue weighted by atomic mass is 16.5. The summed E-state index contributed by atoms with van der Waals surface area (Å²) in [7, 11) is 1.54. The fraction of sp³-hybridized carbons (Fsp3) is 0.417. The molecule has 1 amide bonds. The minimum atomic E-state index is -0.261. The molecule has 0 heterocycles. The maximum Gasteiger partial charge on any atom is 0.255 e. The first-order chi connectivity index (χ1) is 7.70. The Kier molecular flexibility index (Phi) is 3.10. The van der Waals surface area contributed by atoms with E-state index in [1.54, 1.807) is 25.3 Å². The van der Waals surface area contributed by atoms with Crippen LogP contribution in [0.5, 0.6) is 5.75 Å². The predicted octanol–water partition coefficient (Wildman–Crippen LogP) is 0.948. The first-order valence-corrected chi connectivity index (χ1v) is 5.32. The van der Waals surface area contributed by atoms with E-state index < -0.39 is 0 Å². The van der Waals surface area contributed by atoms with Crippen LogP contribution in [0.2, 0.25) is 0 Å². The van der Waals surface area contributed by atoms with Gasteiger partial charge in [-0.15, -0.1) is 0 Å². The minimum Gasteiger partial charge on any atom is -0.496 e. The lowest BCUT2D eigenvalue weighted by Crippen LogP contribution is -2.46. The van der Waals surface area contributed by atoms with Crippen LogP contribution < -0.4 is 10.1 Å². The summed E-state index contributed by atoms with van der Waals surface area (Å²) in [5, 5.41) is 12.0.